The van der Waals surface area contributed by atoms with Crippen LogP contribution in [-0.2, 0) is 12.8 Å². The lowest BCUT2D eigenvalue weighted by Crippen LogP contribution is -2.16. The average molecular weight is 299 g/mol. The molecule has 1 unspecified atom stereocenters. The molecule has 1 aromatic carbocycles. The second-order valence-electron chi connectivity index (χ2n) is 5.36. The largest absolute Gasteiger partial charge is 0.309 e. The first-order valence-electron chi connectivity index (χ1n) is 7.11. The van der Waals surface area contributed by atoms with E-state index >= 15 is 0 Å². The molecule has 0 aliphatic heterocycles. The maximum Gasteiger partial charge on any atom is 0.0682 e. The molecular weight excluding hydrogens is 282 g/mol. The topological polar surface area (TPSA) is 12.0 Å². The summed E-state index contributed by atoms with van der Waals surface area (Å²) in [6.45, 7) is 0. The number of thiophene rings is 2. The Morgan fingerprint density at radius 2 is 2.15 bits per heavy atom. The van der Waals surface area contributed by atoms with Crippen LogP contribution in [0.1, 0.15) is 33.3 Å². The molecule has 2 heterocycles. The Morgan fingerprint density at radius 3 is 3.00 bits per heavy atom. The van der Waals surface area contributed by atoms with Crippen LogP contribution in [0, 0.1) is 0 Å². The first-order chi connectivity index (χ1) is 9.86. The molecule has 1 aliphatic rings. The second-order valence-corrected chi connectivity index (χ2v) is 7.44. The van der Waals surface area contributed by atoms with Crippen LogP contribution in [0.3, 0.4) is 0 Å². The van der Waals surface area contributed by atoms with E-state index in [0.717, 1.165) is 0 Å². The van der Waals surface area contributed by atoms with Gasteiger partial charge in [0.05, 0.1) is 6.04 Å². The van der Waals surface area contributed by atoms with E-state index < -0.39 is 0 Å². The number of hydrogen-bond acceptors (Lipinski definition) is 3. The van der Waals surface area contributed by atoms with E-state index in [2.05, 4.69) is 48.1 Å². The quantitative estimate of drug-likeness (QED) is 0.735. The fraction of sp³-hybridized carbons (Fsp3) is 0.294. The van der Waals surface area contributed by atoms with Crippen LogP contribution < -0.4 is 5.32 Å². The van der Waals surface area contributed by atoms with Gasteiger partial charge in [0, 0.05) is 14.5 Å². The molecule has 1 atom stereocenters. The second kappa shape index (κ2) is 4.99. The van der Waals surface area contributed by atoms with Crippen molar-refractivity contribution < 1.29 is 0 Å². The van der Waals surface area contributed by atoms with Gasteiger partial charge in [-0.2, -0.15) is 0 Å². The van der Waals surface area contributed by atoms with Gasteiger partial charge in [-0.25, -0.2) is 0 Å². The zero-order valence-corrected chi connectivity index (χ0v) is 13.1. The zero-order chi connectivity index (χ0) is 13.5. The fourth-order valence-electron chi connectivity index (χ4n) is 3.19. The van der Waals surface area contributed by atoms with Gasteiger partial charge in [-0.1, -0.05) is 18.2 Å². The molecule has 2 aromatic heterocycles. The highest BCUT2D eigenvalue weighted by molar-refractivity contribution is 7.17. The predicted molar refractivity (Wildman–Crippen MR) is 89.1 cm³/mol. The monoisotopic (exact) mass is 299 g/mol. The van der Waals surface area contributed by atoms with Gasteiger partial charge in [0.25, 0.3) is 0 Å². The number of rotatable bonds is 3. The molecule has 3 aromatic rings. The van der Waals surface area contributed by atoms with Gasteiger partial charge in [-0.05, 0) is 60.3 Å². The molecule has 0 amide bonds. The lowest BCUT2D eigenvalue weighted by Gasteiger charge is -2.16. The van der Waals surface area contributed by atoms with E-state index in [1.54, 1.807) is 10.4 Å². The van der Waals surface area contributed by atoms with Crippen molar-refractivity contribution in [2.75, 3.05) is 7.05 Å². The van der Waals surface area contributed by atoms with E-state index in [1.165, 1.54) is 39.8 Å². The van der Waals surface area contributed by atoms with Crippen molar-refractivity contribution in [3.63, 3.8) is 0 Å². The van der Waals surface area contributed by atoms with Crippen LogP contribution in [0.4, 0.5) is 0 Å². The summed E-state index contributed by atoms with van der Waals surface area (Å²) in [6, 6.07) is 11.6. The summed E-state index contributed by atoms with van der Waals surface area (Å²) in [6.07, 6.45) is 3.89. The molecule has 0 radical (unpaired) electrons. The van der Waals surface area contributed by atoms with Crippen molar-refractivity contribution >= 4 is 32.8 Å². The highest BCUT2D eigenvalue weighted by Crippen LogP contribution is 2.38. The van der Waals surface area contributed by atoms with Crippen molar-refractivity contribution in [2.24, 2.45) is 0 Å². The van der Waals surface area contributed by atoms with Gasteiger partial charge in [0.1, 0.15) is 0 Å². The Morgan fingerprint density at radius 1 is 1.20 bits per heavy atom. The van der Waals surface area contributed by atoms with Crippen LogP contribution >= 0.6 is 22.7 Å². The molecule has 102 valence electrons. The van der Waals surface area contributed by atoms with Gasteiger partial charge >= 0.3 is 0 Å². The third-order valence-corrected chi connectivity index (χ3v) is 6.44. The highest BCUT2D eigenvalue weighted by Gasteiger charge is 2.21. The Labute approximate surface area is 127 Å². The van der Waals surface area contributed by atoms with Gasteiger partial charge in [-0.15, -0.1) is 22.7 Å². The smallest absolute Gasteiger partial charge is 0.0682 e. The van der Waals surface area contributed by atoms with Crippen molar-refractivity contribution in [1.29, 1.82) is 0 Å². The summed E-state index contributed by atoms with van der Waals surface area (Å²) in [5.41, 5.74) is 3.00. The number of nitrogens with one attached hydrogen (secondary N) is 1. The Kier molecular flexibility index (Phi) is 3.14. The van der Waals surface area contributed by atoms with Crippen LogP contribution in [-0.4, -0.2) is 7.05 Å². The van der Waals surface area contributed by atoms with E-state index in [1.807, 2.05) is 22.7 Å². The van der Waals surface area contributed by atoms with E-state index in [0.29, 0.717) is 6.04 Å². The number of hydrogen-bond donors (Lipinski definition) is 1. The molecule has 0 saturated carbocycles. The Hall–Kier alpha value is -1.16. The summed E-state index contributed by atoms with van der Waals surface area (Å²) in [7, 11) is 2.07. The minimum atomic E-state index is 0.327. The maximum absolute atomic E-state index is 3.52. The van der Waals surface area contributed by atoms with Gasteiger partial charge < -0.3 is 5.32 Å². The summed E-state index contributed by atoms with van der Waals surface area (Å²) in [4.78, 5) is 3.08. The van der Waals surface area contributed by atoms with Crippen molar-refractivity contribution in [1.82, 2.24) is 5.32 Å². The molecule has 20 heavy (non-hydrogen) atoms. The van der Waals surface area contributed by atoms with Crippen molar-refractivity contribution in [3.8, 4) is 0 Å². The average Bonchev–Trinajstić information content (AvgIpc) is 3.14. The van der Waals surface area contributed by atoms with Gasteiger partial charge in [0.15, 0.2) is 0 Å². The zero-order valence-electron chi connectivity index (χ0n) is 11.5. The molecule has 4 rings (SSSR count). The van der Waals surface area contributed by atoms with E-state index in [4.69, 9.17) is 0 Å². The summed E-state index contributed by atoms with van der Waals surface area (Å²) >= 11 is 3.85. The Balaban J connectivity index is 1.82. The van der Waals surface area contributed by atoms with Gasteiger partial charge in [-0.3, -0.25) is 0 Å². The minimum absolute atomic E-state index is 0.327. The molecule has 1 nitrogen and oxygen atoms in total. The predicted octanol–water partition coefficient (Wildman–Crippen LogP) is 4.76. The van der Waals surface area contributed by atoms with Gasteiger partial charge in [0.2, 0.25) is 0 Å². The lowest BCUT2D eigenvalue weighted by molar-refractivity contribution is 0.709. The standard InChI is InChI=1S/C17H17NS2/c1-18-16(15-10-12-5-3-7-14(12)20-15)13-6-2-4-11-8-9-19-17(11)13/h2,4,6,8-10,16,18H,3,5,7H2,1H3. The summed E-state index contributed by atoms with van der Waals surface area (Å²) < 4.78 is 1.42. The lowest BCUT2D eigenvalue weighted by atomic mass is 10.0. The molecule has 1 N–H and O–H groups in total. The fourth-order valence-corrected chi connectivity index (χ4v) is 5.52. The van der Waals surface area contributed by atoms with E-state index in [-0.39, 0.29) is 0 Å². The number of aryl methyl sites for hydroxylation is 2. The van der Waals surface area contributed by atoms with Crippen molar-refractivity contribution in [3.05, 3.63) is 56.6 Å². The summed E-state index contributed by atoms with van der Waals surface area (Å²) in [5, 5.41) is 7.07. The van der Waals surface area contributed by atoms with Crippen LogP contribution in [0.5, 0.6) is 0 Å². The molecule has 0 fully saturated rings. The van der Waals surface area contributed by atoms with Crippen molar-refractivity contribution in [2.45, 2.75) is 25.3 Å². The molecule has 0 bridgehead atoms. The first kappa shape index (κ1) is 12.6. The van der Waals surface area contributed by atoms with Crippen LogP contribution in [0.15, 0.2) is 35.7 Å². The molecule has 0 saturated heterocycles. The summed E-state index contributed by atoms with van der Waals surface area (Å²) in [5.74, 6) is 0. The minimum Gasteiger partial charge on any atom is -0.309 e. The molecule has 0 spiro atoms. The van der Waals surface area contributed by atoms with Crippen LogP contribution in [0.25, 0.3) is 10.1 Å². The third kappa shape index (κ3) is 1.93. The number of benzene rings is 1. The number of fused-ring (bicyclic) bond motifs is 2. The van der Waals surface area contributed by atoms with E-state index in [9.17, 15) is 0 Å². The molecule has 1 aliphatic carbocycles. The SMILES string of the molecule is CNC(c1cc2c(s1)CCC2)c1cccc2ccsc12. The Bertz CT molecular complexity index is 732. The highest BCUT2D eigenvalue weighted by atomic mass is 32.1. The molecule has 3 heteroatoms. The first-order valence-corrected chi connectivity index (χ1v) is 8.81. The molecular formula is C17H17NS2. The maximum atomic E-state index is 3.52. The third-order valence-electron chi connectivity index (χ3n) is 4.16. The van der Waals surface area contributed by atoms with Crippen LogP contribution in [0.2, 0.25) is 0 Å². The normalized spacial score (nSPS) is 15.7.